The lowest BCUT2D eigenvalue weighted by atomic mass is 10.1. The molecule has 158 valence electrons. The molecule has 2 aromatic rings. The first kappa shape index (κ1) is 21.1. The van der Waals surface area contributed by atoms with Gasteiger partial charge in [0, 0.05) is 49.7 Å². The van der Waals surface area contributed by atoms with Crippen LogP contribution in [0.5, 0.6) is 0 Å². The van der Waals surface area contributed by atoms with Crippen LogP contribution in [-0.4, -0.2) is 63.0 Å². The van der Waals surface area contributed by atoms with Crippen LogP contribution in [0.1, 0.15) is 18.4 Å². The monoisotopic (exact) mass is 423 g/mol. The van der Waals surface area contributed by atoms with Gasteiger partial charge in [0.2, 0.25) is 5.91 Å². The summed E-state index contributed by atoms with van der Waals surface area (Å²) in [5, 5.41) is 9.84. The lowest BCUT2D eigenvalue weighted by Gasteiger charge is -2.13. The van der Waals surface area contributed by atoms with Crippen molar-refractivity contribution in [2.24, 2.45) is 4.99 Å². The van der Waals surface area contributed by atoms with E-state index in [0.717, 1.165) is 16.5 Å². The van der Waals surface area contributed by atoms with Crippen LogP contribution in [0.3, 0.4) is 0 Å². The van der Waals surface area contributed by atoms with Gasteiger partial charge in [-0.25, -0.2) is 12.8 Å². The average molecular weight is 424 g/mol. The minimum absolute atomic E-state index is 0.0210. The largest absolute Gasteiger partial charge is 0.361 e. The molecule has 10 heteroatoms. The maximum atomic E-state index is 13.4. The van der Waals surface area contributed by atoms with E-state index in [1.165, 1.54) is 12.1 Å². The Balaban J connectivity index is 1.38. The SMILES string of the molecule is CN=C(NCCC(=O)NC1CCS(=O)(=O)C1)NCCc1c[nH]c2ccc(F)cc12. The molecule has 0 spiro atoms. The fourth-order valence-corrected chi connectivity index (χ4v) is 5.07. The molecule has 1 aromatic carbocycles. The second-order valence-corrected chi connectivity index (χ2v) is 9.33. The highest BCUT2D eigenvalue weighted by molar-refractivity contribution is 7.91. The zero-order valence-corrected chi connectivity index (χ0v) is 17.1. The van der Waals surface area contributed by atoms with E-state index in [1.54, 1.807) is 13.1 Å². The van der Waals surface area contributed by atoms with Crippen LogP contribution in [0.25, 0.3) is 10.9 Å². The summed E-state index contributed by atoms with van der Waals surface area (Å²) in [6.45, 7) is 0.971. The third kappa shape index (κ3) is 5.93. The molecule has 1 amide bonds. The number of aromatic nitrogens is 1. The van der Waals surface area contributed by atoms with Gasteiger partial charge in [-0.3, -0.25) is 9.79 Å². The molecule has 0 aliphatic carbocycles. The number of rotatable bonds is 7. The van der Waals surface area contributed by atoms with Crippen LogP contribution in [-0.2, 0) is 21.1 Å². The lowest BCUT2D eigenvalue weighted by Crippen LogP contribution is -2.41. The summed E-state index contributed by atoms with van der Waals surface area (Å²) in [5.41, 5.74) is 1.90. The smallest absolute Gasteiger partial charge is 0.222 e. The molecule has 0 saturated carbocycles. The third-order valence-corrected chi connectivity index (χ3v) is 6.65. The number of carbonyl (C=O) groups excluding carboxylic acids is 1. The zero-order valence-electron chi connectivity index (χ0n) is 16.3. The van der Waals surface area contributed by atoms with E-state index in [-0.39, 0.29) is 35.7 Å². The normalized spacial score (nSPS) is 18.7. The maximum absolute atomic E-state index is 13.4. The number of H-pyrrole nitrogens is 1. The third-order valence-electron chi connectivity index (χ3n) is 4.88. The van der Waals surface area contributed by atoms with Crippen LogP contribution in [0.2, 0.25) is 0 Å². The lowest BCUT2D eigenvalue weighted by molar-refractivity contribution is -0.121. The first-order chi connectivity index (χ1) is 13.9. The van der Waals surface area contributed by atoms with E-state index in [2.05, 4.69) is 25.9 Å². The molecule has 1 unspecified atom stereocenters. The molecule has 1 aliphatic rings. The molecule has 2 heterocycles. The number of benzene rings is 1. The van der Waals surface area contributed by atoms with E-state index in [1.807, 2.05) is 6.20 Å². The number of nitrogens with zero attached hydrogens (tertiary/aromatic N) is 1. The van der Waals surface area contributed by atoms with Crippen LogP contribution >= 0.6 is 0 Å². The van der Waals surface area contributed by atoms with Gasteiger partial charge >= 0.3 is 0 Å². The summed E-state index contributed by atoms with van der Waals surface area (Å²) < 4.78 is 36.3. The number of aromatic amines is 1. The number of guanidine groups is 1. The van der Waals surface area contributed by atoms with Crippen LogP contribution in [0, 0.1) is 5.82 Å². The Morgan fingerprint density at radius 1 is 1.31 bits per heavy atom. The van der Waals surface area contributed by atoms with E-state index in [9.17, 15) is 17.6 Å². The van der Waals surface area contributed by atoms with Gasteiger partial charge in [-0.15, -0.1) is 0 Å². The topological polar surface area (TPSA) is 115 Å². The molecular formula is C19H26FN5O3S. The number of hydrogen-bond acceptors (Lipinski definition) is 4. The molecule has 1 fully saturated rings. The number of amides is 1. The predicted molar refractivity (Wildman–Crippen MR) is 111 cm³/mol. The number of halogens is 1. The summed E-state index contributed by atoms with van der Waals surface area (Å²) in [4.78, 5) is 19.2. The van der Waals surface area contributed by atoms with Gasteiger partial charge in [0.1, 0.15) is 5.82 Å². The number of sulfone groups is 1. The fourth-order valence-electron chi connectivity index (χ4n) is 3.40. The van der Waals surface area contributed by atoms with Crippen LogP contribution < -0.4 is 16.0 Å². The van der Waals surface area contributed by atoms with Crippen molar-refractivity contribution < 1.29 is 17.6 Å². The predicted octanol–water partition coefficient (Wildman–Crippen LogP) is 0.708. The Morgan fingerprint density at radius 3 is 2.83 bits per heavy atom. The number of fused-ring (bicyclic) bond motifs is 1. The minimum atomic E-state index is -3.01. The van der Waals surface area contributed by atoms with Crippen LogP contribution in [0.4, 0.5) is 4.39 Å². The Bertz CT molecular complexity index is 1000. The van der Waals surface area contributed by atoms with Gasteiger partial charge in [0.25, 0.3) is 0 Å². The van der Waals surface area contributed by atoms with E-state index in [0.29, 0.717) is 31.9 Å². The molecule has 3 rings (SSSR count). The first-order valence-corrected chi connectivity index (χ1v) is 11.4. The molecular weight excluding hydrogens is 397 g/mol. The van der Waals surface area contributed by atoms with Crippen LogP contribution in [0.15, 0.2) is 29.4 Å². The van der Waals surface area contributed by atoms with Crippen molar-refractivity contribution >= 4 is 32.6 Å². The van der Waals surface area contributed by atoms with Crippen molar-refractivity contribution in [2.45, 2.75) is 25.3 Å². The Morgan fingerprint density at radius 2 is 2.10 bits per heavy atom. The molecule has 29 heavy (non-hydrogen) atoms. The quantitative estimate of drug-likeness (QED) is 0.387. The Kier molecular flexibility index (Phi) is 6.73. The molecule has 1 atom stereocenters. The minimum Gasteiger partial charge on any atom is -0.361 e. The van der Waals surface area contributed by atoms with E-state index >= 15 is 0 Å². The summed E-state index contributed by atoms with van der Waals surface area (Å²) in [6, 6.07) is 4.37. The number of nitrogens with one attached hydrogen (secondary N) is 4. The molecule has 0 radical (unpaired) electrons. The van der Waals surface area contributed by atoms with Gasteiger partial charge < -0.3 is 20.9 Å². The van der Waals surface area contributed by atoms with Crippen molar-refractivity contribution in [1.29, 1.82) is 0 Å². The van der Waals surface area contributed by atoms with Crippen molar-refractivity contribution in [3.63, 3.8) is 0 Å². The van der Waals surface area contributed by atoms with Gasteiger partial charge in [0.05, 0.1) is 11.5 Å². The van der Waals surface area contributed by atoms with E-state index in [4.69, 9.17) is 0 Å². The summed E-state index contributed by atoms with van der Waals surface area (Å²) >= 11 is 0. The maximum Gasteiger partial charge on any atom is 0.222 e. The van der Waals surface area contributed by atoms with Crippen molar-refractivity contribution in [2.75, 3.05) is 31.6 Å². The highest BCUT2D eigenvalue weighted by Crippen LogP contribution is 2.19. The van der Waals surface area contributed by atoms with Crippen molar-refractivity contribution in [1.82, 2.24) is 20.9 Å². The van der Waals surface area contributed by atoms with Crippen molar-refractivity contribution in [3.05, 3.63) is 35.8 Å². The Hall–Kier alpha value is -2.62. The number of aliphatic imine (C=N–C) groups is 1. The summed E-state index contributed by atoms with van der Waals surface area (Å²) in [6.07, 6.45) is 3.25. The van der Waals surface area contributed by atoms with Gasteiger partial charge in [-0.1, -0.05) is 0 Å². The van der Waals surface area contributed by atoms with Crippen molar-refractivity contribution in [3.8, 4) is 0 Å². The molecule has 4 N–H and O–H groups in total. The molecule has 0 bridgehead atoms. The fraction of sp³-hybridized carbons (Fsp3) is 0.474. The van der Waals surface area contributed by atoms with Gasteiger partial charge in [-0.2, -0.15) is 0 Å². The summed E-state index contributed by atoms with van der Waals surface area (Å²) in [5.74, 6) is 0.267. The highest BCUT2D eigenvalue weighted by Gasteiger charge is 2.28. The number of hydrogen-bond donors (Lipinski definition) is 4. The average Bonchev–Trinajstić information content (AvgIpc) is 3.22. The molecule has 8 nitrogen and oxygen atoms in total. The zero-order chi connectivity index (χ0) is 20.9. The first-order valence-electron chi connectivity index (χ1n) is 9.56. The van der Waals surface area contributed by atoms with Gasteiger partial charge in [-0.05, 0) is 36.6 Å². The standard InChI is InChI=1S/C19H26FN5O3S/c1-21-19(23-8-5-18(26)25-15-6-9-29(27,28)12-15)22-7-4-13-11-24-17-3-2-14(20)10-16(13)17/h2-3,10-11,15,24H,4-9,12H2,1H3,(H,25,26)(H2,21,22,23). The molecule has 1 aromatic heterocycles. The second kappa shape index (κ2) is 9.25. The second-order valence-electron chi connectivity index (χ2n) is 7.10. The van der Waals surface area contributed by atoms with E-state index < -0.39 is 9.84 Å². The molecule has 1 aliphatic heterocycles. The summed E-state index contributed by atoms with van der Waals surface area (Å²) in [7, 11) is -1.37. The Labute approximate surface area is 169 Å². The number of carbonyl (C=O) groups is 1. The highest BCUT2D eigenvalue weighted by atomic mass is 32.2. The van der Waals surface area contributed by atoms with Gasteiger partial charge in [0.15, 0.2) is 15.8 Å². The molecule has 1 saturated heterocycles.